The molecule has 0 unspecified atom stereocenters. The van der Waals surface area contributed by atoms with E-state index < -0.39 is 0 Å². The molecule has 3 heteroatoms. The molecule has 0 atom stereocenters. The summed E-state index contributed by atoms with van der Waals surface area (Å²) in [6.45, 7) is 1.32. The zero-order chi connectivity index (χ0) is 4.71. The summed E-state index contributed by atoms with van der Waals surface area (Å²) in [6, 6.07) is 0. The van der Waals surface area contributed by atoms with E-state index in [-0.39, 0.29) is 0 Å². The van der Waals surface area contributed by atoms with Crippen LogP contribution < -0.4 is 0 Å². The monoisotopic (exact) mass is 180 g/mol. The molecule has 0 saturated heterocycles. The van der Waals surface area contributed by atoms with Crippen LogP contribution in [0.1, 0.15) is 6.92 Å². The van der Waals surface area contributed by atoms with Crippen LogP contribution >= 0.6 is 9.69 Å². The van der Waals surface area contributed by atoms with Gasteiger partial charge in [0, 0.05) is 0 Å². The molecule has 0 saturated carbocycles. The Balaban J connectivity index is 0. The Morgan fingerprint density at radius 1 is 1.80 bits per heavy atom. The predicted molar refractivity (Wildman–Crippen MR) is 17.2 cm³/mol. The topological polar surface area (TPSA) is 17.1 Å². The molecule has 0 heterocycles. The van der Waals surface area contributed by atoms with Crippen molar-refractivity contribution in [1.29, 1.82) is 0 Å². The van der Waals surface area contributed by atoms with Gasteiger partial charge in [-0.15, -0.1) is 0 Å². The molecule has 0 N–H and O–H groups in total. The molecular formula is C2H3ClORu. The van der Waals surface area contributed by atoms with Crippen molar-refractivity contribution in [1.82, 2.24) is 0 Å². The van der Waals surface area contributed by atoms with Crippen LogP contribution in [-0.4, -0.2) is 6.29 Å². The van der Waals surface area contributed by atoms with Crippen LogP contribution in [0.2, 0.25) is 0 Å². The molecule has 0 aliphatic carbocycles. The Bertz CT molecular complexity index is 17.1. The van der Waals surface area contributed by atoms with Gasteiger partial charge < -0.3 is 4.79 Å². The fourth-order valence-electron chi connectivity index (χ4n) is 0. The van der Waals surface area contributed by atoms with Crippen molar-refractivity contribution < 1.29 is 22.1 Å². The van der Waals surface area contributed by atoms with Gasteiger partial charge in [-0.1, -0.05) is 0 Å². The van der Waals surface area contributed by atoms with Crippen molar-refractivity contribution >= 4 is 16.0 Å². The van der Waals surface area contributed by atoms with Crippen LogP contribution in [0, 0.1) is 0 Å². The molecule has 0 aromatic rings. The van der Waals surface area contributed by atoms with Gasteiger partial charge in [-0.05, 0) is 0 Å². The van der Waals surface area contributed by atoms with E-state index in [1.807, 2.05) is 17.3 Å². The Morgan fingerprint density at radius 2 is 1.80 bits per heavy atom. The molecule has 0 fully saturated rings. The van der Waals surface area contributed by atoms with E-state index in [0.29, 0.717) is 0 Å². The van der Waals surface area contributed by atoms with E-state index in [9.17, 15) is 0 Å². The third kappa shape index (κ3) is 89.9. The Hall–Kier alpha value is 0.583. The van der Waals surface area contributed by atoms with Gasteiger partial charge in [-0.25, -0.2) is 0 Å². The van der Waals surface area contributed by atoms with E-state index in [1.165, 1.54) is 13.2 Å². The second kappa shape index (κ2) is 23.5. The summed E-state index contributed by atoms with van der Waals surface area (Å²) in [5.41, 5.74) is 0. The average Bonchev–Trinajstić information content (AvgIpc) is 1.46. The minimum atomic E-state index is 1.32. The summed E-state index contributed by atoms with van der Waals surface area (Å²) in [6.07, 6.45) is 1.50. The first-order valence-corrected chi connectivity index (χ1v) is 3.08. The number of hydrogen-bond donors (Lipinski definition) is 0. The van der Waals surface area contributed by atoms with Crippen molar-refractivity contribution in [2.75, 3.05) is 0 Å². The first-order valence-electron chi connectivity index (χ1n) is 0.838. The number of halogens is 1. The summed E-state index contributed by atoms with van der Waals surface area (Å²) in [4.78, 5) is 8.68. The second-order valence-corrected chi connectivity index (χ2v) is 0.204. The predicted octanol–water partition coefficient (Wildman–Crippen LogP) is 0.803. The molecule has 0 amide bonds. The molecule has 0 aromatic carbocycles. The van der Waals surface area contributed by atoms with Gasteiger partial charge in [0.25, 0.3) is 0 Å². The first-order chi connectivity index (χ1) is 2.41. The van der Waals surface area contributed by atoms with Crippen LogP contribution in [0.4, 0.5) is 0 Å². The number of rotatable bonds is 0. The Labute approximate surface area is 45.4 Å². The zero-order valence-corrected chi connectivity index (χ0v) is 5.13. The molecule has 0 radical (unpaired) electrons. The van der Waals surface area contributed by atoms with Gasteiger partial charge >= 0.3 is 27.0 Å². The molecule has 0 aromatic heterocycles. The molecule has 0 aliphatic heterocycles. The van der Waals surface area contributed by atoms with Crippen LogP contribution in [-0.2, 0) is 22.1 Å². The summed E-state index contributed by atoms with van der Waals surface area (Å²) in [5.74, 6) is 0. The summed E-state index contributed by atoms with van der Waals surface area (Å²) in [7, 11) is 4.57. The van der Waals surface area contributed by atoms with Crippen molar-refractivity contribution in [2.24, 2.45) is 0 Å². The molecule has 5 heavy (non-hydrogen) atoms. The summed E-state index contributed by atoms with van der Waals surface area (Å²) in [5, 5.41) is 0. The van der Waals surface area contributed by atoms with Crippen molar-refractivity contribution in [2.45, 2.75) is 6.92 Å². The van der Waals surface area contributed by atoms with E-state index >= 15 is 0 Å². The zero-order valence-electron chi connectivity index (χ0n) is 2.64. The fraction of sp³-hybridized carbons (Fsp3) is 0.500. The normalized spacial score (nSPS) is 3.80. The van der Waals surface area contributed by atoms with Crippen molar-refractivity contribution in [3.05, 3.63) is 0 Å². The molecular weight excluding hydrogens is 177 g/mol. The first kappa shape index (κ1) is 9.13. The van der Waals surface area contributed by atoms with Gasteiger partial charge in [0.2, 0.25) is 0 Å². The van der Waals surface area contributed by atoms with Crippen molar-refractivity contribution in [3.63, 3.8) is 0 Å². The number of hydrogen-bond acceptors (Lipinski definition) is 1. The van der Waals surface area contributed by atoms with E-state index in [0.717, 1.165) is 0 Å². The number of carbonyl (C=O) groups excluding carboxylic acids is 1. The third-order valence-electron chi connectivity index (χ3n) is 0. The summed E-state index contributed by atoms with van der Waals surface area (Å²) >= 11 is 1.82. The third-order valence-corrected chi connectivity index (χ3v) is 0. The van der Waals surface area contributed by atoms with Gasteiger partial charge in [-0.3, -0.25) is 6.29 Å². The summed E-state index contributed by atoms with van der Waals surface area (Å²) < 4.78 is 0. The SMILES string of the molecule is C[C-]=O.[Cl][Ru+]. The fourth-order valence-corrected chi connectivity index (χ4v) is 0. The molecule has 32 valence electrons. The van der Waals surface area contributed by atoms with Crippen molar-refractivity contribution in [3.8, 4) is 0 Å². The Morgan fingerprint density at radius 3 is 1.80 bits per heavy atom. The van der Waals surface area contributed by atoms with Crippen LogP contribution in [0.25, 0.3) is 0 Å². The van der Waals surface area contributed by atoms with Crippen LogP contribution in [0.5, 0.6) is 0 Å². The minimum absolute atomic E-state index is 1.32. The van der Waals surface area contributed by atoms with E-state index in [2.05, 4.69) is 9.69 Å². The average molecular weight is 180 g/mol. The van der Waals surface area contributed by atoms with Gasteiger partial charge in [0.15, 0.2) is 0 Å². The molecule has 1 nitrogen and oxygen atoms in total. The second-order valence-electron chi connectivity index (χ2n) is 0.204. The molecule has 0 aliphatic rings. The quantitative estimate of drug-likeness (QED) is 0.397. The van der Waals surface area contributed by atoms with Crippen LogP contribution in [0.15, 0.2) is 0 Å². The van der Waals surface area contributed by atoms with E-state index in [1.54, 1.807) is 0 Å². The van der Waals surface area contributed by atoms with Gasteiger partial charge in [0.1, 0.15) is 0 Å². The maximum absolute atomic E-state index is 8.68. The Kier molecular flexibility index (Phi) is 42.9. The van der Waals surface area contributed by atoms with E-state index in [4.69, 9.17) is 4.79 Å². The van der Waals surface area contributed by atoms with Gasteiger partial charge in [0.05, 0.1) is 0 Å². The molecule has 0 bridgehead atoms. The standard InChI is InChI=1S/C2H3O.ClH.Ru/c1-2-3;;/h1H3;1H;/q-1;;+2/p-1. The maximum atomic E-state index is 8.68. The van der Waals surface area contributed by atoms with Crippen LogP contribution in [0.3, 0.4) is 0 Å². The molecule has 0 rings (SSSR count). The molecule has 0 spiro atoms. The van der Waals surface area contributed by atoms with Gasteiger partial charge in [-0.2, -0.15) is 6.92 Å².